The fraction of sp³-hybridized carbons (Fsp3) is 0.714. The van der Waals surface area contributed by atoms with Gasteiger partial charge in [0.2, 0.25) is 5.60 Å². The lowest BCUT2D eigenvalue weighted by Gasteiger charge is -2.29. The maximum absolute atomic E-state index is 12.1. The molecule has 0 aliphatic heterocycles. The second kappa shape index (κ2) is 4.98. The van der Waals surface area contributed by atoms with Gasteiger partial charge in [-0.3, -0.25) is 0 Å². The van der Waals surface area contributed by atoms with E-state index in [2.05, 4.69) is 0 Å². The normalized spacial score (nSPS) is 16.1. The van der Waals surface area contributed by atoms with Crippen LogP contribution < -0.4 is 0 Å². The smallest absolute Gasteiger partial charge is 0.376 e. The zero-order chi connectivity index (χ0) is 13.1. The van der Waals surface area contributed by atoms with Gasteiger partial charge in [-0.05, 0) is 6.42 Å². The summed E-state index contributed by atoms with van der Waals surface area (Å²) in [6.45, 7) is 0. The van der Waals surface area contributed by atoms with E-state index in [0.717, 1.165) is 0 Å². The first kappa shape index (κ1) is 15.1. The highest BCUT2D eigenvalue weighted by molar-refractivity contribution is 4.97. The van der Waals surface area contributed by atoms with Crippen molar-refractivity contribution in [1.29, 1.82) is 0 Å². The van der Waals surface area contributed by atoms with E-state index >= 15 is 0 Å². The first-order valence-corrected chi connectivity index (χ1v) is 3.79. The van der Waals surface area contributed by atoms with Crippen LogP contribution in [0.4, 0.5) is 35.1 Å². The van der Waals surface area contributed by atoms with Crippen molar-refractivity contribution in [3.05, 3.63) is 11.9 Å². The minimum Gasteiger partial charge on any atom is -0.376 e. The molecule has 9 heteroatoms. The van der Waals surface area contributed by atoms with Gasteiger partial charge in [-0.2, -0.15) is 22.0 Å². The van der Waals surface area contributed by atoms with Gasteiger partial charge in [0, 0.05) is 6.42 Å². The van der Waals surface area contributed by atoms with E-state index in [0.29, 0.717) is 0 Å². The predicted molar refractivity (Wildman–Crippen MR) is 36.6 cm³/mol. The first-order chi connectivity index (χ1) is 7.02. The minimum absolute atomic E-state index is 1.62. The fourth-order valence-electron chi connectivity index (χ4n) is 0.769. The largest absolute Gasteiger partial charge is 0.422 e. The molecule has 0 aromatic rings. The molecule has 0 heterocycles. The lowest BCUT2D eigenvalue weighted by molar-refractivity contribution is -0.300. The van der Waals surface area contributed by atoms with Crippen molar-refractivity contribution >= 4 is 0 Å². The van der Waals surface area contributed by atoms with Crippen molar-refractivity contribution in [2.24, 2.45) is 0 Å². The first-order valence-electron chi connectivity index (χ1n) is 3.79. The molecular weight excluding hydrogens is 252 g/mol. The highest BCUT2D eigenvalue weighted by atomic mass is 19.4. The van der Waals surface area contributed by atoms with Crippen LogP contribution in [0.2, 0.25) is 0 Å². The van der Waals surface area contributed by atoms with Crippen LogP contribution in [0.25, 0.3) is 0 Å². The number of alkyl halides is 5. The van der Waals surface area contributed by atoms with Crippen LogP contribution in [0.1, 0.15) is 12.8 Å². The molecule has 0 saturated carbocycles. The van der Waals surface area contributed by atoms with Crippen molar-refractivity contribution in [2.45, 2.75) is 31.0 Å². The lowest BCUT2D eigenvalue weighted by atomic mass is 9.97. The van der Waals surface area contributed by atoms with Gasteiger partial charge in [-0.1, -0.05) is 0 Å². The molecule has 1 atom stereocenters. The molecule has 0 aliphatic carbocycles. The Balaban J connectivity index is 4.80. The Morgan fingerprint density at radius 2 is 1.50 bits per heavy atom. The Labute approximate surface area is 84.4 Å². The van der Waals surface area contributed by atoms with Crippen LogP contribution >= 0.6 is 0 Å². The van der Waals surface area contributed by atoms with Crippen molar-refractivity contribution in [1.82, 2.24) is 0 Å². The van der Waals surface area contributed by atoms with E-state index < -0.39 is 43.0 Å². The topological polar surface area (TPSA) is 20.2 Å². The van der Waals surface area contributed by atoms with Gasteiger partial charge in [-0.15, -0.1) is 0 Å². The highest BCUT2D eigenvalue weighted by Crippen LogP contribution is 2.39. The van der Waals surface area contributed by atoms with E-state index in [1.54, 1.807) is 0 Å². The van der Waals surface area contributed by atoms with E-state index in [1.165, 1.54) is 0 Å². The van der Waals surface area contributed by atoms with Crippen LogP contribution in [0.15, 0.2) is 11.9 Å². The summed E-state index contributed by atoms with van der Waals surface area (Å²) in [5.41, 5.74) is -4.49. The molecule has 0 saturated heterocycles. The molecule has 0 fully saturated rings. The molecule has 0 spiro atoms. The molecule has 0 aromatic heterocycles. The highest BCUT2D eigenvalue weighted by Gasteiger charge is 2.59. The molecule has 0 rings (SSSR count). The number of aliphatic hydroxyl groups is 1. The number of allylic oxidation sites excluding steroid dienone is 1. The molecule has 0 amide bonds. The van der Waals surface area contributed by atoms with E-state index in [1.807, 2.05) is 0 Å². The molecule has 0 aliphatic rings. The fourth-order valence-corrected chi connectivity index (χ4v) is 0.769. The standard InChI is InChI=1S/C7H6F8O/c8-3(4(9)10)1-2-6(16,5(11)12)7(13,14)15/h5,16H,1-2H2. The predicted octanol–water partition coefficient (Wildman–Crippen LogP) is 3.40. The quantitative estimate of drug-likeness (QED) is 0.766. The second-order valence-corrected chi connectivity index (χ2v) is 2.89. The monoisotopic (exact) mass is 258 g/mol. The van der Waals surface area contributed by atoms with Crippen LogP contribution in [-0.2, 0) is 0 Å². The third kappa shape index (κ3) is 3.32. The average molecular weight is 258 g/mol. The summed E-state index contributed by atoms with van der Waals surface area (Å²) in [7, 11) is 0. The summed E-state index contributed by atoms with van der Waals surface area (Å²) in [6, 6.07) is 0. The summed E-state index contributed by atoms with van der Waals surface area (Å²) in [5, 5.41) is 8.55. The second-order valence-electron chi connectivity index (χ2n) is 2.89. The van der Waals surface area contributed by atoms with Gasteiger partial charge < -0.3 is 5.11 Å². The summed E-state index contributed by atoms with van der Waals surface area (Å²) in [6.07, 6.45) is -16.4. The third-order valence-corrected chi connectivity index (χ3v) is 1.78. The summed E-state index contributed by atoms with van der Waals surface area (Å²) < 4.78 is 94.7. The molecule has 16 heavy (non-hydrogen) atoms. The van der Waals surface area contributed by atoms with Crippen molar-refractivity contribution in [3.63, 3.8) is 0 Å². The molecule has 0 radical (unpaired) electrons. The molecule has 1 N–H and O–H groups in total. The van der Waals surface area contributed by atoms with E-state index in [9.17, 15) is 35.1 Å². The third-order valence-electron chi connectivity index (χ3n) is 1.78. The number of rotatable bonds is 4. The van der Waals surface area contributed by atoms with Gasteiger partial charge in [0.15, 0.2) is 5.83 Å². The molecule has 1 unspecified atom stereocenters. The summed E-state index contributed by atoms with van der Waals surface area (Å²) in [4.78, 5) is 0. The number of hydrogen-bond acceptors (Lipinski definition) is 1. The molecule has 1 nitrogen and oxygen atoms in total. The zero-order valence-electron chi connectivity index (χ0n) is 7.46. The van der Waals surface area contributed by atoms with Crippen LogP contribution in [-0.4, -0.2) is 23.3 Å². The number of halogens is 8. The van der Waals surface area contributed by atoms with Gasteiger partial charge in [0.25, 0.3) is 6.43 Å². The minimum atomic E-state index is -5.73. The van der Waals surface area contributed by atoms with Crippen molar-refractivity contribution in [3.8, 4) is 0 Å². The Kier molecular flexibility index (Phi) is 4.71. The van der Waals surface area contributed by atoms with Gasteiger partial charge in [-0.25, -0.2) is 13.2 Å². The van der Waals surface area contributed by atoms with Gasteiger partial charge in [0.1, 0.15) is 0 Å². The maximum Gasteiger partial charge on any atom is 0.422 e. The Morgan fingerprint density at radius 3 is 1.75 bits per heavy atom. The van der Waals surface area contributed by atoms with E-state index in [-0.39, 0.29) is 0 Å². The molecule has 0 aromatic carbocycles. The van der Waals surface area contributed by atoms with Crippen molar-refractivity contribution < 1.29 is 40.2 Å². The summed E-state index contributed by atoms with van der Waals surface area (Å²) in [5.74, 6) is -2.26. The Hall–Kier alpha value is -0.860. The maximum atomic E-state index is 12.1. The van der Waals surface area contributed by atoms with Crippen LogP contribution in [0.3, 0.4) is 0 Å². The molecule has 96 valence electrons. The Morgan fingerprint density at radius 1 is 1.06 bits per heavy atom. The van der Waals surface area contributed by atoms with Crippen LogP contribution in [0, 0.1) is 0 Å². The van der Waals surface area contributed by atoms with Gasteiger partial charge in [0.05, 0.1) is 0 Å². The van der Waals surface area contributed by atoms with Crippen LogP contribution in [0.5, 0.6) is 0 Å². The lowest BCUT2D eigenvalue weighted by Crippen LogP contribution is -2.51. The van der Waals surface area contributed by atoms with Gasteiger partial charge >= 0.3 is 12.3 Å². The number of hydrogen-bond donors (Lipinski definition) is 1. The SMILES string of the molecule is OC(CCC(F)=C(F)F)(C(F)F)C(F)(F)F. The average Bonchev–Trinajstić information content (AvgIpc) is 2.10. The zero-order valence-corrected chi connectivity index (χ0v) is 7.46. The van der Waals surface area contributed by atoms with Crippen molar-refractivity contribution in [2.75, 3.05) is 0 Å². The molecular formula is C7H6F8O. The summed E-state index contributed by atoms with van der Waals surface area (Å²) >= 11 is 0. The molecule has 0 bridgehead atoms. The Bertz CT molecular complexity index is 266. The van der Waals surface area contributed by atoms with E-state index in [4.69, 9.17) is 5.11 Å².